The molecule has 3 heterocycles. The summed E-state index contributed by atoms with van der Waals surface area (Å²) < 4.78 is 12.1. The van der Waals surface area contributed by atoms with Crippen LogP contribution in [-0.2, 0) is 4.79 Å². The summed E-state index contributed by atoms with van der Waals surface area (Å²) in [4.78, 5) is 16.2. The molecule has 0 saturated heterocycles. The molecule has 0 atom stereocenters. The highest BCUT2D eigenvalue weighted by molar-refractivity contribution is 7.99. The van der Waals surface area contributed by atoms with E-state index in [9.17, 15) is 4.79 Å². The molecule has 4 rings (SSSR count). The summed E-state index contributed by atoms with van der Waals surface area (Å²) in [6, 6.07) is 13.0. The molecular formula is C16H12N6O3S. The largest absolute Gasteiger partial charge is 0.459 e. The van der Waals surface area contributed by atoms with Crippen LogP contribution in [0.4, 0.5) is 6.01 Å². The van der Waals surface area contributed by atoms with Crippen molar-refractivity contribution >= 4 is 23.7 Å². The van der Waals surface area contributed by atoms with Crippen molar-refractivity contribution < 1.29 is 13.6 Å². The Bertz CT molecular complexity index is 996. The van der Waals surface area contributed by atoms with E-state index >= 15 is 0 Å². The highest BCUT2D eigenvalue weighted by Gasteiger charge is 2.14. The molecule has 10 heteroatoms. The van der Waals surface area contributed by atoms with Crippen LogP contribution in [0.15, 0.2) is 69.0 Å². The first kappa shape index (κ1) is 16.1. The molecule has 0 radical (unpaired) electrons. The van der Waals surface area contributed by atoms with Gasteiger partial charge in [0.2, 0.25) is 11.1 Å². The Hall–Kier alpha value is -3.40. The van der Waals surface area contributed by atoms with Gasteiger partial charge in [0.15, 0.2) is 5.76 Å². The van der Waals surface area contributed by atoms with E-state index in [0.717, 1.165) is 5.69 Å². The Kier molecular flexibility index (Phi) is 4.48. The lowest BCUT2D eigenvalue weighted by atomic mass is 10.3. The number of thioether (sulfide) groups is 1. The van der Waals surface area contributed by atoms with E-state index in [1.54, 1.807) is 23.1 Å². The second-order valence-electron chi connectivity index (χ2n) is 5.03. The molecule has 0 fully saturated rings. The van der Waals surface area contributed by atoms with Gasteiger partial charge >= 0.3 is 6.01 Å². The Labute approximate surface area is 151 Å². The molecule has 1 N–H and O–H groups in total. The van der Waals surface area contributed by atoms with Gasteiger partial charge in [-0.05, 0) is 24.3 Å². The van der Waals surface area contributed by atoms with Crippen LogP contribution in [0.1, 0.15) is 0 Å². The van der Waals surface area contributed by atoms with E-state index in [0.29, 0.717) is 10.9 Å². The van der Waals surface area contributed by atoms with Gasteiger partial charge in [0, 0.05) is 0 Å². The van der Waals surface area contributed by atoms with Crippen molar-refractivity contribution in [2.24, 2.45) is 0 Å². The first-order valence-corrected chi connectivity index (χ1v) is 8.53. The third-order valence-corrected chi connectivity index (χ3v) is 4.08. The van der Waals surface area contributed by atoms with Crippen LogP contribution < -0.4 is 5.32 Å². The minimum Gasteiger partial charge on any atom is -0.459 e. The average Bonchev–Trinajstić information content (AvgIpc) is 3.41. The van der Waals surface area contributed by atoms with Crippen molar-refractivity contribution in [2.75, 3.05) is 11.1 Å². The molecule has 0 saturated carbocycles. The lowest BCUT2D eigenvalue weighted by Gasteiger charge is -1.99. The number of rotatable bonds is 6. The van der Waals surface area contributed by atoms with Gasteiger partial charge in [0.05, 0.1) is 17.7 Å². The van der Waals surface area contributed by atoms with E-state index in [4.69, 9.17) is 8.83 Å². The monoisotopic (exact) mass is 368 g/mol. The number of carbonyl (C=O) groups is 1. The summed E-state index contributed by atoms with van der Waals surface area (Å²) in [5, 5.41) is 14.9. The topological polar surface area (TPSA) is 112 Å². The smallest absolute Gasteiger partial charge is 0.322 e. The van der Waals surface area contributed by atoms with E-state index in [-0.39, 0.29) is 23.6 Å². The third-order valence-electron chi connectivity index (χ3n) is 3.23. The molecule has 130 valence electrons. The molecule has 1 aromatic carbocycles. The number of hydrogen-bond donors (Lipinski definition) is 1. The number of anilines is 1. The van der Waals surface area contributed by atoms with Crippen LogP contribution in [0.25, 0.3) is 17.3 Å². The number of carbonyl (C=O) groups excluding carboxylic acids is 1. The number of nitrogens with zero attached hydrogens (tertiary/aromatic N) is 5. The quantitative estimate of drug-likeness (QED) is 0.517. The lowest BCUT2D eigenvalue weighted by molar-refractivity contribution is -0.113. The maximum Gasteiger partial charge on any atom is 0.322 e. The van der Waals surface area contributed by atoms with E-state index in [1.165, 1.54) is 18.0 Å². The second kappa shape index (κ2) is 7.23. The number of furan rings is 1. The fourth-order valence-corrected chi connectivity index (χ4v) is 2.68. The van der Waals surface area contributed by atoms with Gasteiger partial charge in [0.25, 0.3) is 5.89 Å². The average molecular weight is 368 g/mol. The van der Waals surface area contributed by atoms with Crippen LogP contribution in [0, 0.1) is 0 Å². The van der Waals surface area contributed by atoms with Gasteiger partial charge in [0.1, 0.15) is 6.33 Å². The van der Waals surface area contributed by atoms with Crippen LogP contribution in [-0.4, -0.2) is 36.6 Å². The fourth-order valence-electron chi connectivity index (χ4n) is 2.08. The molecule has 0 spiro atoms. The van der Waals surface area contributed by atoms with Gasteiger partial charge in [-0.3, -0.25) is 10.1 Å². The zero-order valence-corrected chi connectivity index (χ0v) is 14.1. The third kappa shape index (κ3) is 3.64. The van der Waals surface area contributed by atoms with E-state index in [2.05, 4.69) is 25.6 Å². The molecule has 0 aliphatic carbocycles. The Morgan fingerprint density at radius 1 is 1.15 bits per heavy atom. The van der Waals surface area contributed by atoms with Crippen molar-refractivity contribution in [1.29, 1.82) is 0 Å². The number of hydrogen-bond acceptors (Lipinski definition) is 8. The van der Waals surface area contributed by atoms with Gasteiger partial charge in [-0.1, -0.05) is 35.1 Å². The van der Waals surface area contributed by atoms with Crippen molar-refractivity contribution in [2.45, 2.75) is 5.16 Å². The molecule has 1 amide bonds. The van der Waals surface area contributed by atoms with E-state index < -0.39 is 0 Å². The van der Waals surface area contributed by atoms with Crippen LogP contribution >= 0.6 is 11.8 Å². The number of aromatic nitrogens is 5. The molecule has 0 unspecified atom stereocenters. The Morgan fingerprint density at radius 2 is 2.04 bits per heavy atom. The number of nitrogens with one attached hydrogen (secondary N) is 1. The summed E-state index contributed by atoms with van der Waals surface area (Å²) in [7, 11) is 0. The van der Waals surface area contributed by atoms with Crippen molar-refractivity contribution in [1.82, 2.24) is 25.0 Å². The standard InChI is InChI=1S/C16H12N6O3S/c23-13(18-15-20-19-14(25-15)12-7-4-8-24-12)9-26-16-17-10-22(21-16)11-5-2-1-3-6-11/h1-8,10H,9H2,(H,18,20,23). The first-order chi connectivity index (χ1) is 12.8. The van der Waals surface area contributed by atoms with E-state index in [1.807, 2.05) is 30.3 Å². The first-order valence-electron chi connectivity index (χ1n) is 7.55. The number of benzene rings is 1. The summed E-state index contributed by atoms with van der Waals surface area (Å²) >= 11 is 1.20. The van der Waals surface area contributed by atoms with Crippen molar-refractivity contribution in [3.63, 3.8) is 0 Å². The molecular weight excluding hydrogens is 356 g/mol. The predicted molar refractivity (Wildman–Crippen MR) is 92.7 cm³/mol. The molecule has 26 heavy (non-hydrogen) atoms. The van der Waals surface area contributed by atoms with Gasteiger partial charge < -0.3 is 8.83 Å². The van der Waals surface area contributed by atoms with Gasteiger partial charge in [-0.25, -0.2) is 9.67 Å². The fraction of sp³-hybridized carbons (Fsp3) is 0.0625. The molecule has 9 nitrogen and oxygen atoms in total. The summed E-state index contributed by atoms with van der Waals surface area (Å²) in [5.41, 5.74) is 0.896. The number of para-hydroxylation sites is 1. The van der Waals surface area contributed by atoms with Crippen molar-refractivity contribution in [3.05, 3.63) is 55.1 Å². The molecule has 0 aliphatic rings. The number of amides is 1. The Balaban J connectivity index is 1.32. The summed E-state index contributed by atoms with van der Waals surface area (Å²) in [5.74, 6) is 0.432. The molecule has 0 bridgehead atoms. The minimum absolute atomic E-state index is 0.00442. The zero-order valence-electron chi connectivity index (χ0n) is 13.3. The second-order valence-corrected chi connectivity index (χ2v) is 5.98. The minimum atomic E-state index is -0.305. The lowest BCUT2D eigenvalue weighted by Crippen LogP contribution is -2.14. The zero-order chi connectivity index (χ0) is 17.8. The highest BCUT2D eigenvalue weighted by atomic mass is 32.2. The maximum atomic E-state index is 12.0. The van der Waals surface area contributed by atoms with Crippen molar-refractivity contribution in [3.8, 4) is 17.3 Å². The Morgan fingerprint density at radius 3 is 2.85 bits per heavy atom. The molecule has 4 aromatic rings. The van der Waals surface area contributed by atoms with Gasteiger partial charge in [-0.15, -0.1) is 10.2 Å². The normalized spacial score (nSPS) is 10.8. The predicted octanol–water partition coefficient (Wildman–Crippen LogP) is 2.64. The van der Waals surface area contributed by atoms with Crippen LogP contribution in [0.5, 0.6) is 0 Å². The molecule has 3 aromatic heterocycles. The molecule has 0 aliphatic heterocycles. The summed E-state index contributed by atoms with van der Waals surface area (Å²) in [6.45, 7) is 0. The van der Waals surface area contributed by atoms with Crippen LogP contribution in [0.3, 0.4) is 0 Å². The van der Waals surface area contributed by atoms with Crippen LogP contribution in [0.2, 0.25) is 0 Å². The highest BCUT2D eigenvalue weighted by Crippen LogP contribution is 2.20. The SMILES string of the molecule is O=C(CSc1ncn(-c2ccccc2)n1)Nc1nnc(-c2ccco2)o1. The van der Waals surface area contributed by atoms with Gasteiger partial charge in [-0.2, -0.15) is 0 Å². The maximum absolute atomic E-state index is 12.0. The summed E-state index contributed by atoms with van der Waals surface area (Å²) in [6.07, 6.45) is 3.10.